The minimum Gasteiger partial charge on any atom is -0.301 e. The molecule has 22 heavy (non-hydrogen) atoms. The second-order valence-corrected chi connectivity index (χ2v) is 6.29. The SMILES string of the molecule is CCCc1cc(=O)[nH]c(SCC(=O)c2ccc(C)cc2C)n1. The summed E-state index contributed by atoms with van der Waals surface area (Å²) in [6.07, 6.45) is 1.70. The Kier molecular flexibility index (Phi) is 5.55. The molecule has 2 rings (SSSR count). The average Bonchev–Trinajstić information content (AvgIpc) is 2.44. The average molecular weight is 316 g/mol. The lowest BCUT2D eigenvalue weighted by atomic mass is 10.0. The molecule has 0 aliphatic heterocycles. The number of carbonyl (C=O) groups excluding carboxylic acids is 1. The summed E-state index contributed by atoms with van der Waals surface area (Å²) in [5.74, 6) is 0.314. The van der Waals surface area contributed by atoms with E-state index in [-0.39, 0.29) is 17.1 Å². The molecule has 0 radical (unpaired) electrons. The Balaban J connectivity index is 2.09. The number of aromatic nitrogens is 2. The van der Waals surface area contributed by atoms with Gasteiger partial charge in [-0.1, -0.05) is 48.9 Å². The summed E-state index contributed by atoms with van der Waals surface area (Å²) >= 11 is 1.27. The first-order valence-corrected chi connectivity index (χ1v) is 8.31. The first kappa shape index (κ1) is 16.5. The molecule has 0 fully saturated rings. The van der Waals surface area contributed by atoms with Gasteiger partial charge in [0.2, 0.25) is 0 Å². The predicted octanol–water partition coefficient (Wildman–Crippen LogP) is 3.31. The lowest BCUT2D eigenvalue weighted by Crippen LogP contribution is -2.11. The second-order valence-electron chi connectivity index (χ2n) is 5.32. The van der Waals surface area contributed by atoms with Gasteiger partial charge >= 0.3 is 0 Å². The normalized spacial score (nSPS) is 10.7. The number of thioether (sulfide) groups is 1. The van der Waals surface area contributed by atoms with Crippen molar-refractivity contribution in [1.29, 1.82) is 0 Å². The van der Waals surface area contributed by atoms with Crippen LogP contribution >= 0.6 is 11.8 Å². The highest BCUT2D eigenvalue weighted by atomic mass is 32.2. The van der Waals surface area contributed by atoms with Crippen LogP contribution in [0.25, 0.3) is 0 Å². The minimum atomic E-state index is -0.167. The van der Waals surface area contributed by atoms with E-state index < -0.39 is 0 Å². The lowest BCUT2D eigenvalue weighted by molar-refractivity contribution is 0.102. The van der Waals surface area contributed by atoms with Gasteiger partial charge in [0.1, 0.15) is 0 Å². The summed E-state index contributed by atoms with van der Waals surface area (Å²) < 4.78 is 0. The number of hydrogen-bond donors (Lipinski definition) is 1. The third-order valence-electron chi connectivity index (χ3n) is 3.30. The van der Waals surface area contributed by atoms with E-state index in [1.54, 1.807) is 0 Å². The van der Waals surface area contributed by atoms with Gasteiger partial charge in [0.25, 0.3) is 5.56 Å². The van der Waals surface area contributed by atoms with Gasteiger partial charge < -0.3 is 4.98 Å². The molecule has 0 aliphatic carbocycles. The molecule has 0 amide bonds. The molecule has 0 unspecified atom stereocenters. The lowest BCUT2D eigenvalue weighted by Gasteiger charge is -2.06. The van der Waals surface area contributed by atoms with E-state index in [9.17, 15) is 9.59 Å². The van der Waals surface area contributed by atoms with Crippen LogP contribution in [0.5, 0.6) is 0 Å². The standard InChI is InChI=1S/C17H20N2O2S/c1-4-5-13-9-16(21)19-17(18-13)22-10-15(20)14-7-6-11(2)8-12(14)3/h6-9H,4-5,10H2,1-3H3,(H,18,19,21). The van der Waals surface area contributed by atoms with Gasteiger partial charge in [0.15, 0.2) is 10.9 Å². The monoisotopic (exact) mass is 316 g/mol. The van der Waals surface area contributed by atoms with Crippen molar-refractivity contribution in [3.63, 3.8) is 0 Å². The molecule has 1 heterocycles. The van der Waals surface area contributed by atoms with Crippen LogP contribution in [0.1, 0.15) is 40.5 Å². The van der Waals surface area contributed by atoms with Crippen LogP contribution in [-0.4, -0.2) is 21.5 Å². The molecule has 0 saturated heterocycles. The van der Waals surface area contributed by atoms with Crippen LogP contribution in [0.15, 0.2) is 34.2 Å². The van der Waals surface area contributed by atoms with Crippen molar-refractivity contribution in [1.82, 2.24) is 9.97 Å². The van der Waals surface area contributed by atoms with E-state index in [0.717, 1.165) is 35.2 Å². The maximum atomic E-state index is 12.3. The van der Waals surface area contributed by atoms with E-state index >= 15 is 0 Å². The van der Waals surface area contributed by atoms with Gasteiger partial charge in [-0.25, -0.2) is 4.98 Å². The number of ketones is 1. The summed E-state index contributed by atoms with van der Waals surface area (Å²) in [7, 11) is 0. The molecule has 0 saturated carbocycles. The number of Topliss-reactive ketones (excluding diaryl/α,β-unsaturated/α-hetero) is 1. The zero-order valence-electron chi connectivity index (χ0n) is 13.1. The topological polar surface area (TPSA) is 62.8 Å². The Hall–Kier alpha value is -1.88. The smallest absolute Gasteiger partial charge is 0.251 e. The predicted molar refractivity (Wildman–Crippen MR) is 89.8 cm³/mol. The molecule has 4 nitrogen and oxygen atoms in total. The number of benzene rings is 1. The van der Waals surface area contributed by atoms with E-state index in [4.69, 9.17) is 0 Å². The summed E-state index contributed by atoms with van der Waals surface area (Å²) in [6, 6.07) is 7.31. The van der Waals surface area contributed by atoms with E-state index in [0.29, 0.717) is 5.16 Å². The molecular weight excluding hydrogens is 296 g/mol. The summed E-state index contributed by atoms with van der Waals surface area (Å²) in [5, 5.41) is 0.508. The van der Waals surface area contributed by atoms with Gasteiger partial charge in [-0.3, -0.25) is 9.59 Å². The van der Waals surface area contributed by atoms with Crippen molar-refractivity contribution in [3.05, 3.63) is 57.0 Å². The fourth-order valence-electron chi connectivity index (χ4n) is 2.27. The first-order chi connectivity index (χ1) is 10.5. The Bertz CT molecular complexity index is 738. The maximum Gasteiger partial charge on any atom is 0.251 e. The number of nitrogens with one attached hydrogen (secondary N) is 1. The first-order valence-electron chi connectivity index (χ1n) is 7.33. The quantitative estimate of drug-likeness (QED) is 0.504. The van der Waals surface area contributed by atoms with E-state index in [1.807, 2.05) is 39.0 Å². The Morgan fingerprint density at radius 1 is 1.27 bits per heavy atom. The summed E-state index contributed by atoms with van der Waals surface area (Å²) in [6.45, 7) is 5.98. The highest BCUT2D eigenvalue weighted by molar-refractivity contribution is 7.99. The number of hydrogen-bond acceptors (Lipinski definition) is 4. The molecular formula is C17H20N2O2S. The number of H-pyrrole nitrogens is 1. The van der Waals surface area contributed by atoms with Crippen molar-refractivity contribution < 1.29 is 4.79 Å². The fraction of sp³-hybridized carbons (Fsp3) is 0.353. The molecule has 0 bridgehead atoms. The third kappa shape index (κ3) is 4.31. The van der Waals surface area contributed by atoms with Crippen molar-refractivity contribution in [3.8, 4) is 0 Å². The number of aromatic amines is 1. The van der Waals surface area contributed by atoms with Gasteiger partial charge in [0, 0.05) is 17.3 Å². The highest BCUT2D eigenvalue weighted by Gasteiger charge is 2.11. The Labute approximate surface area is 134 Å². The van der Waals surface area contributed by atoms with Crippen LogP contribution in [0.3, 0.4) is 0 Å². The second kappa shape index (κ2) is 7.40. The van der Waals surface area contributed by atoms with Crippen LogP contribution < -0.4 is 5.56 Å². The Morgan fingerprint density at radius 2 is 2.05 bits per heavy atom. The molecule has 2 aromatic rings. The molecule has 0 spiro atoms. The molecule has 5 heteroatoms. The van der Waals surface area contributed by atoms with Gasteiger partial charge in [0.05, 0.1) is 5.75 Å². The molecule has 1 aromatic heterocycles. The van der Waals surface area contributed by atoms with Gasteiger partial charge in [-0.2, -0.15) is 0 Å². The van der Waals surface area contributed by atoms with Crippen molar-refractivity contribution in [2.75, 3.05) is 5.75 Å². The van der Waals surface area contributed by atoms with Gasteiger partial charge in [-0.05, 0) is 25.8 Å². The van der Waals surface area contributed by atoms with Crippen LogP contribution in [0, 0.1) is 13.8 Å². The summed E-state index contributed by atoms with van der Waals surface area (Å²) in [5.41, 5.74) is 3.45. The number of rotatable bonds is 6. The molecule has 0 aliphatic rings. The fourth-order valence-corrected chi connectivity index (χ4v) is 3.05. The maximum absolute atomic E-state index is 12.3. The number of carbonyl (C=O) groups is 1. The number of nitrogens with zero attached hydrogens (tertiary/aromatic N) is 1. The summed E-state index contributed by atoms with van der Waals surface area (Å²) in [4.78, 5) is 31.0. The highest BCUT2D eigenvalue weighted by Crippen LogP contribution is 2.17. The molecule has 0 atom stereocenters. The van der Waals surface area contributed by atoms with Crippen LogP contribution in [-0.2, 0) is 6.42 Å². The van der Waals surface area contributed by atoms with Crippen LogP contribution in [0.4, 0.5) is 0 Å². The van der Waals surface area contributed by atoms with E-state index in [1.165, 1.54) is 17.8 Å². The third-order valence-corrected chi connectivity index (χ3v) is 4.17. The van der Waals surface area contributed by atoms with Crippen LogP contribution in [0.2, 0.25) is 0 Å². The zero-order valence-corrected chi connectivity index (χ0v) is 13.9. The van der Waals surface area contributed by atoms with Crippen molar-refractivity contribution in [2.45, 2.75) is 38.8 Å². The Morgan fingerprint density at radius 3 is 2.73 bits per heavy atom. The molecule has 116 valence electrons. The minimum absolute atomic E-state index is 0.0473. The van der Waals surface area contributed by atoms with Crippen molar-refractivity contribution >= 4 is 17.5 Å². The number of aryl methyl sites for hydroxylation is 3. The molecule has 1 aromatic carbocycles. The zero-order chi connectivity index (χ0) is 16.1. The molecule has 1 N–H and O–H groups in total. The largest absolute Gasteiger partial charge is 0.301 e. The van der Waals surface area contributed by atoms with Crippen molar-refractivity contribution in [2.24, 2.45) is 0 Å². The van der Waals surface area contributed by atoms with E-state index in [2.05, 4.69) is 9.97 Å². The van der Waals surface area contributed by atoms with Gasteiger partial charge in [-0.15, -0.1) is 0 Å².